The fraction of sp³-hybridized carbons (Fsp3) is 0.167. The quantitative estimate of drug-likeness (QED) is 0.459. The number of carbonyl (C=O) groups excluding carboxylic acids is 2. The first-order chi connectivity index (χ1) is 12.9. The molecule has 4 rings (SSSR count). The van der Waals surface area contributed by atoms with Crippen LogP contribution >= 0.6 is 11.6 Å². The summed E-state index contributed by atoms with van der Waals surface area (Å²) in [5, 5.41) is 15.5. The number of nitro benzene ring substituents is 1. The summed E-state index contributed by atoms with van der Waals surface area (Å²) in [7, 11) is 0. The third kappa shape index (κ3) is 2.57. The molecule has 2 aromatic carbocycles. The van der Waals surface area contributed by atoms with E-state index in [1.165, 1.54) is 18.2 Å². The van der Waals surface area contributed by atoms with Gasteiger partial charge in [0.05, 0.1) is 10.6 Å². The van der Waals surface area contributed by atoms with Crippen molar-refractivity contribution < 1.29 is 19.3 Å². The lowest BCUT2D eigenvalue weighted by Gasteiger charge is -2.15. The van der Waals surface area contributed by atoms with Crippen LogP contribution in [0.2, 0.25) is 5.02 Å². The minimum absolute atomic E-state index is 0.124. The third-order valence-electron chi connectivity index (χ3n) is 4.61. The molecule has 2 heterocycles. The van der Waals surface area contributed by atoms with Crippen molar-refractivity contribution in [2.45, 2.75) is 13.0 Å². The van der Waals surface area contributed by atoms with Crippen LogP contribution in [0.3, 0.4) is 0 Å². The van der Waals surface area contributed by atoms with E-state index in [1.807, 2.05) is 0 Å². The summed E-state index contributed by atoms with van der Waals surface area (Å²) in [5.74, 6) is -2.12. The molecule has 0 N–H and O–H groups in total. The number of benzene rings is 2. The number of nitrogens with zero attached hydrogens (tertiary/aromatic N) is 3. The molecule has 0 aromatic heterocycles. The molecule has 2 aromatic rings. The Balaban J connectivity index is 1.74. The van der Waals surface area contributed by atoms with Crippen LogP contribution in [0.5, 0.6) is 0 Å². The number of fused-ring (bicyclic) bond motifs is 1. The molecule has 136 valence electrons. The van der Waals surface area contributed by atoms with Crippen LogP contribution in [-0.4, -0.2) is 28.6 Å². The largest absolute Gasteiger partial charge is 0.381 e. The Morgan fingerprint density at radius 2 is 1.93 bits per heavy atom. The van der Waals surface area contributed by atoms with E-state index in [1.54, 1.807) is 31.2 Å². The molecule has 0 bridgehead atoms. The molecule has 0 unspecified atom stereocenters. The zero-order valence-electron chi connectivity index (χ0n) is 14.0. The van der Waals surface area contributed by atoms with Crippen LogP contribution in [0, 0.1) is 23.0 Å². The van der Waals surface area contributed by atoms with Crippen LogP contribution in [0.4, 0.5) is 11.4 Å². The molecule has 0 radical (unpaired) electrons. The number of hydrogen-bond acceptors (Lipinski definition) is 6. The minimum Gasteiger partial charge on any atom is -0.381 e. The number of oxime groups is 1. The van der Waals surface area contributed by atoms with Crippen molar-refractivity contribution in [3.63, 3.8) is 0 Å². The average molecular weight is 386 g/mol. The maximum Gasteiger partial charge on any atom is 0.278 e. The highest BCUT2D eigenvalue weighted by Crippen LogP contribution is 2.37. The number of hydrogen-bond donors (Lipinski definition) is 0. The Morgan fingerprint density at radius 3 is 2.63 bits per heavy atom. The van der Waals surface area contributed by atoms with Gasteiger partial charge in [-0.05, 0) is 19.1 Å². The van der Waals surface area contributed by atoms with Gasteiger partial charge in [-0.15, -0.1) is 0 Å². The smallest absolute Gasteiger partial charge is 0.278 e. The zero-order chi connectivity index (χ0) is 19.3. The summed E-state index contributed by atoms with van der Waals surface area (Å²) in [5.41, 5.74) is 1.15. The molecule has 2 aliphatic heterocycles. The summed E-state index contributed by atoms with van der Waals surface area (Å²) in [4.78, 5) is 42.5. The number of rotatable bonds is 3. The van der Waals surface area contributed by atoms with Gasteiger partial charge in [0.15, 0.2) is 0 Å². The van der Waals surface area contributed by atoms with Crippen molar-refractivity contribution in [2.75, 3.05) is 4.90 Å². The van der Waals surface area contributed by atoms with E-state index in [2.05, 4.69) is 5.16 Å². The first-order valence-corrected chi connectivity index (χ1v) is 8.39. The highest BCUT2D eigenvalue weighted by Gasteiger charge is 2.56. The Labute approximate surface area is 158 Å². The Bertz CT molecular complexity index is 1040. The summed E-state index contributed by atoms with van der Waals surface area (Å²) < 4.78 is 0. The van der Waals surface area contributed by atoms with Crippen LogP contribution < -0.4 is 4.90 Å². The number of anilines is 1. The minimum atomic E-state index is -1.11. The van der Waals surface area contributed by atoms with Gasteiger partial charge in [-0.25, -0.2) is 4.90 Å². The first-order valence-electron chi connectivity index (χ1n) is 8.01. The van der Waals surface area contributed by atoms with Gasteiger partial charge < -0.3 is 4.84 Å². The van der Waals surface area contributed by atoms with E-state index in [9.17, 15) is 19.7 Å². The summed E-state index contributed by atoms with van der Waals surface area (Å²) in [6, 6.07) is 11.0. The number of imide groups is 1. The normalized spacial score (nSPS) is 21.1. The van der Waals surface area contributed by atoms with Gasteiger partial charge in [0.1, 0.15) is 11.6 Å². The fourth-order valence-corrected chi connectivity index (χ4v) is 3.49. The number of aryl methyl sites for hydroxylation is 1. The summed E-state index contributed by atoms with van der Waals surface area (Å²) in [6.07, 6.45) is -1.11. The van der Waals surface area contributed by atoms with Gasteiger partial charge in [0, 0.05) is 22.2 Å². The lowest BCUT2D eigenvalue weighted by atomic mass is 9.94. The van der Waals surface area contributed by atoms with Gasteiger partial charge >= 0.3 is 0 Å². The van der Waals surface area contributed by atoms with Gasteiger partial charge in [-0.1, -0.05) is 41.0 Å². The number of halogens is 1. The Morgan fingerprint density at radius 1 is 1.19 bits per heavy atom. The standard InChI is InChI=1S/C18H12ClN3O5/c1-9-6-7-10(8-13(9)22(25)26)21-17(23)14-15(20-27-16(14)18(21)24)11-4-2-3-5-12(11)19/h2-8,14,16H,1H3/t14-,16-/m0/s1. The molecular formula is C18H12ClN3O5. The predicted octanol–water partition coefficient (Wildman–Crippen LogP) is 2.85. The van der Waals surface area contributed by atoms with Crippen molar-refractivity contribution in [2.24, 2.45) is 11.1 Å². The van der Waals surface area contributed by atoms with Crippen molar-refractivity contribution in [3.8, 4) is 0 Å². The number of nitro groups is 1. The Hall–Kier alpha value is -3.26. The lowest BCUT2D eigenvalue weighted by molar-refractivity contribution is -0.385. The summed E-state index contributed by atoms with van der Waals surface area (Å²) >= 11 is 6.18. The molecule has 1 fully saturated rings. The van der Waals surface area contributed by atoms with Crippen LogP contribution in [0.25, 0.3) is 0 Å². The van der Waals surface area contributed by atoms with Crippen LogP contribution in [0.15, 0.2) is 47.6 Å². The van der Waals surface area contributed by atoms with Crippen LogP contribution in [0.1, 0.15) is 11.1 Å². The highest BCUT2D eigenvalue weighted by atomic mass is 35.5. The van der Waals surface area contributed by atoms with Crippen LogP contribution in [-0.2, 0) is 14.4 Å². The lowest BCUT2D eigenvalue weighted by Crippen LogP contribution is -2.33. The van der Waals surface area contributed by atoms with E-state index in [4.69, 9.17) is 16.4 Å². The molecule has 9 heteroatoms. The van der Waals surface area contributed by atoms with E-state index < -0.39 is 28.8 Å². The highest BCUT2D eigenvalue weighted by molar-refractivity contribution is 6.38. The predicted molar refractivity (Wildman–Crippen MR) is 96.7 cm³/mol. The van der Waals surface area contributed by atoms with Gasteiger partial charge in [0.2, 0.25) is 12.0 Å². The summed E-state index contributed by atoms with van der Waals surface area (Å²) in [6.45, 7) is 1.58. The monoisotopic (exact) mass is 385 g/mol. The molecule has 2 aliphatic rings. The van der Waals surface area contributed by atoms with Crippen molar-refractivity contribution in [1.82, 2.24) is 0 Å². The molecule has 2 atom stereocenters. The fourth-order valence-electron chi connectivity index (χ4n) is 3.26. The second-order valence-electron chi connectivity index (χ2n) is 6.20. The molecule has 27 heavy (non-hydrogen) atoms. The maximum atomic E-state index is 13.0. The maximum absolute atomic E-state index is 13.0. The van der Waals surface area contributed by atoms with E-state index in [-0.39, 0.29) is 17.1 Å². The first kappa shape index (κ1) is 17.2. The molecule has 8 nitrogen and oxygen atoms in total. The second kappa shape index (κ2) is 6.17. The molecule has 2 amide bonds. The molecule has 0 aliphatic carbocycles. The SMILES string of the molecule is Cc1ccc(N2C(=O)[C@H]3C(c4ccccc4Cl)=NO[C@@H]3C2=O)cc1[N+](=O)[O-]. The van der Waals surface area contributed by atoms with E-state index >= 15 is 0 Å². The molecule has 0 spiro atoms. The molecular weight excluding hydrogens is 374 g/mol. The number of carbonyl (C=O) groups is 2. The van der Waals surface area contributed by atoms with Crippen molar-refractivity contribution >= 4 is 40.5 Å². The van der Waals surface area contributed by atoms with E-state index in [0.29, 0.717) is 16.1 Å². The molecule has 0 saturated carbocycles. The van der Waals surface area contributed by atoms with Gasteiger partial charge in [-0.2, -0.15) is 0 Å². The van der Waals surface area contributed by atoms with Gasteiger partial charge in [0.25, 0.3) is 11.6 Å². The van der Waals surface area contributed by atoms with Crippen molar-refractivity contribution in [1.29, 1.82) is 0 Å². The Kier molecular flexibility index (Phi) is 3.92. The topological polar surface area (TPSA) is 102 Å². The van der Waals surface area contributed by atoms with Crippen molar-refractivity contribution in [3.05, 3.63) is 68.7 Å². The molecule has 1 saturated heterocycles. The van der Waals surface area contributed by atoms with E-state index in [0.717, 1.165) is 4.90 Å². The average Bonchev–Trinajstić information content (AvgIpc) is 3.17. The van der Waals surface area contributed by atoms with Gasteiger partial charge in [-0.3, -0.25) is 19.7 Å². The third-order valence-corrected chi connectivity index (χ3v) is 4.94. The zero-order valence-corrected chi connectivity index (χ0v) is 14.7. The number of amides is 2. The second-order valence-corrected chi connectivity index (χ2v) is 6.61.